The highest BCUT2D eigenvalue weighted by Crippen LogP contribution is 2.34. The lowest BCUT2D eigenvalue weighted by molar-refractivity contribution is 0.0942. The lowest BCUT2D eigenvalue weighted by Gasteiger charge is -2.14. The topological polar surface area (TPSA) is 52.5 Å². The summed E-state index contributed by atoms with van der Waals surface area (Å²) in [5.74, 6) is 0.735. The Bertz CT molecular complexity index is 1230. The lowest BCUT2D eigenvalue weighted by atomic mass is 10.2. The van der Waals surface area contributed by atoms with Gasteiger partial charge in [-0.1, -0.05) is 18.2 Å². The maximum Gasteiger partial charge on any atom is 0.268 e. The maximum atomic E-state index is 13.9. The van der Waals surface area contributed by atoms with Gasteiger partial charge in [0.1, 0.15) is 23.0 Å². The quantitative estimate of drug-likeness (QED) is 0.357. The molecule has 0 bridgehead atoms. The summed E-state index contributed by atoms with van der Waals surface area (Å²) in [4.78, 5) is 13.1. The second-order valence-electron chi connectivity index (χ2n) is 6.91. The van der Waals surface area contributed by atoms with E-state index in [2.05, 4.69) is 21.2 Å². The van der Waals surface area contributed by atoms with Crippen LogP contribution >= 0.6 is 27.3 Å². The van der Waals surface area contributed by atoms with Crippen molar-refractivity contribution < 1.29 is 18.7 Å². The van der Waals surface area contributed by atoms with E-state index in [-0.39, 0.29) is 18.3 Å². The van der Waals surface area contributed by atoms with Crippen LogP contribution in [-0.2, 0) is 13.1 Å². The first kappa shape index (κ1) is 21.4. The molecule has 0 aliphatic carbocycles. The van der Waals surface area contributed by atoms with Crippen LogP contribution in [0.1, 0.15) is 21.6 Å². The molecule has 31 heavy (non-hydrogen) atoms. The predicted octanol–water partition coefficient (Wildman–Crippen LogP) is 5.60. The minimum absolute atomic E-state index is 0.110. The zero-order valence-corrected chi connectivity index (χ0v) is 19.3. The second-order valence-corrected chi connectivity index (χ2v) is 8.67. The Labute approximate surface area is 191 Å². The van der Waals surface area contributed by atoms with E-state index in [1.165, 1.54) is 6.07 Å². The van der Waals surface area contributed by atoms with Crippen LogP contribution in [-0.4, -0.2) is 24.7 Å². The molecular formula is C23H20BrFN2O3S. The van der Waals surface area contributed by atoms with Crippen molar-refractivity contribution in [1.29, 1.82) is 0 Å². The number of hydrogen-bond acceptors (Lipinski definition) is 4. The van der Waals surface area contributed by atoms with Gasteiger partial charge in [-0.15, -0.1) is 11.3 Å². The standard InChI is InChI=1S/C23H20BrFN2O3S/c1-29-16-7-14(8-17(9-16)30-2)12-27-20(10-21-22(27)18(24)13-31-21)23(28)26-11-15-5-3-4-6-19(15)25/h3-10,13H,11-12H2,1-2H3,(H,26,28). The van der Waals surface area contributed by atoms with Crippen LogP contribution in [0.3, 0.4) is 0 Å². The van der Waals surface area contributed by atoms with Crippen LogP contribution in [0, 0.1) is 5.82 Å². The first-order chi connectivity index (χ1) is 15.0. The van der Waals surface area contributed by atoms with Gasteiger partial charge in [0.15, 0.2) is 0 Å². The molecule has 0 unspecified atom stereocenters. The van der Waals surface area contributed by atoms with Gasteiger partial charge in [0.25, 0.3) is 5.91 Å². The van der Waals surface area contributed by atoms with E-state index in [0.29, 0.717) is 29.3 Å². The molecular weight excluding hydrogens is 483 g/mol. The van der Waals surface area contributed by atoms with Crippen molar-refractivity contribution in [3.8, 4) is 11.5 Å². The van der Waals surface area contributed by atoms with E-state index < -0.39 is 0 Å². The molecule has 2 heterocycles. The molecule has 0 spiro atoms. The van der Waals surface area contributed by atoms with Crippen LogP contribution in [0.25, 0.3) is 10.2 Å². The number of carbonyl (C=O) groups is 1. The molecule has 0 radical (unpaired) electrons. The molecule has 0 aliphatic rings. The minimum atomic E-state index is -0.342. The van der Waals surface area contributed by atoms with Gasteiger partial charge in [0.05, 0.1) is 28.9 Å². The molecule has 4 aromatic rings. The third-order valence-electron chi connectivity index (χ3n) is 4.96. The Balaban J connectivity index is 1.68. The number of benzene rings is 2. The van der Waals surface area contributed by atoms with E-state index in [0.717, 1.165) is 20.3 Å². The number of hydrogen-bond donors (Lipinski definition) is 1. The van der Waals surface area contributed by atoms with Crippen LogP contribution in [0.5, 0.6) is 11.5 Å². The Hall–Kier alpha value is -2.84. The molecule has 5 nitrogen and oxygen atoms in total. The van der Waals surface area contributed by atoms with E-state index in [1.54, 1.807) is 49.8 Å². The van der Waals surface area contributed by atoms with Gasteiger partial charge in [-0.3, -0.25) is 4.79 Å². The lowest BCUT2D eigenvalue weighted by Crippen LogP contribution is -2.26. The van der Waals surface area contributed by atoms with Crippen molar-refractivity contribution >= 4 is 43.4 Å². The fraction of sp³-hybridized carbons (Fsp3) is 0.174. The van der Waals surface area contributed by atoms with E-state index >= 15 is 0 Å². The number of carbonyl (C=O) groups excluding carboxylic acids is 1. The summed E-state index contributed by atoms with van der Waals surface area (Å²) in [6.45, 7) is 0.549. The van der Waals surface area contributed by atoms with Gasteiger partial charge in [-0.25, -0.2) is 4.39 Å². The van der Waals surface area contributed by atoms with E-state index in [4.69, 9.17) is 9.47 Å². The molecule has 0 saturated carbocycles. The maximum absolute atomic E-state index is 13.9. The summed E-state index contributed by atoms with van der Waals surface area (Å²) >= 11 is 5.15. The number of amides is 1. The van der Waals surface area contributed by atoms with Gasteiger partial charge in [0.2, 0.25) is 0 Å². The number of thiophene rings is 1. The van der Waals surface area contributed by atoms with Gasteiger partial charge in [-0.2, -0.15) is 0 Å². The molecule has 0 atom stereocenters. The highest BCUT2D eigenvalue weighted by molar-refractivity contribution is 9.10. The first-order valence-electron chi connectivity index (χ1n) is 9.50. The van der Waals surface area contributed by atoms with Crippen LogP contribution in [0.4, 0.5) is 4.39 Å². The molecule has 160 valence electrons. The molecule has 0 fully saturated rings. The molecule has 4 rings (SSSR count). The van der Waals surface area contributed by atoms with Gasteiger partial charge >= 0.3 is 0 Å². The zero-order valence-electron chi connectivity index (χ0n) is 16.9. The molecule has 1 amide bonds. The van der Waals surface area contributed by atoms with Gasteiger partial charge in [0, 0.05) is 30.1 Å². The van der Waals surface area contributed by atoms with E-state index in [9.17, 15) is 9.18 Å². The van der Waals surface area contributed by atoms with Gasteiger partial charge in [-0.05, 0) is 45.8 Å². The summed E-state index contributed by atoms with van der Waals surface area (Å²) in [5, 5.41) is 4.83. The Kier molecular flexibility index (Phi) is 6.29. The zero-order chi connectivity index (χ0) is 22.0. The number of aromatic nitrogens is 1. The largest absolute Gasteiger partial charge is 0.497 e. The third kappa shape index (κ3) is 4.45. The van der Waals surface area contributed by atoms with Crippen molar-refractivity contribution in [3.05, 3.63) is 81.0 Å². The normalized spacial score (nSPS) is 11.0. The number of methoxy groups -OCH3 is 2. The molecule has 8 heteroatoms. The molecule has 2 aromatic carbocycles. The number of rotatable bonds is 7. The van der Waals surface area contributed by atoms with Crippen LogP contribution in [0.2, 0.25) is 0 Å². The smallest absolute Gasteiger partial charge is 0.268 e. The number of fused-ring (bicyclic) bond motifs is 1. The Morgan fingerprint density at radius 3 is 2.52 bits per heavy atom. The van der Waals surface area contributed by atoms with Crippen LogP contribution in [0.15, 0.2) is 58.4 Å². The third-order valence-corrected chi connectivity index (χ3v) is 6.79. The fourth-order valence-corrected chi connectivity index (χ4v) is 5.12. The number of nitrogens with one attached hydrogen (secondary N) is 1. The first-order valence-corrected chi connectivity index (χ1v) is 11.2. The molecule has 0 saturated heterocycles. The SMILES string of the molecule is COc1cc(Cn2c(C(=O)NCc3ccccc3F)cc3scc(Br)c32)cc(OC)c1. The number of halogens is 2. The summed E-state index contributed by atoms with van der Waals surface area (Å²) in [6.07, 6.45) is 0. The highest BCUT2D eigenvalue weighted by atomic mass is 79.9. The summed E-state index contributed by atoms with van der Waals surface area (Å²) in [7, 11) is 3.20. The van der Waals surface area contributed by atoms with E-state index in [1.807, 2.05) is 28.1 Å². The van der Waals surface area contributed by atoms with Crippen molar-refractivity contribution in [3.63, 3.8) is 0 Å². The van der Waals surface area contributed by atoms with Crippen molar-refractivity contribution in [1.82, 2.24) is 9.88 Å². The Morgan fingerprint density at radius 2 is 1.84 bits per heavy atom. The van der Waals surface area contributed by atoms with Gasteiger partial charge < -0.3 is 19.4 Å². The average molecular weight is 503 g/mol. The summed E-state index contributed by atoms with van der Waals surface area (Å²) in [5.41, 5.74) is 2.80. The molecule has 2 aromatic heterocycles. The second kappa shape index (κ2) is 9.11. The van der Waals surface area contributed by atoms with Crippen LogP contribution < -0.4 is 14.8 Å². The highest BCUT2D eigenvalue weighted by Gasteiger charge is 2.20. The number of nitrogens with zero attached hydrogens (tertiary/aromatic N) is 1. The predicted molar refractivity (Wildman–Crippen MR) is 124 cm³/mol. The molecule has 1 N–H and O–H groups in total. The van der Waals surface area contributed by atoms with Crippen molar-refractivity contribution in [2.45, 2.75) is 13.1 Å². The number of ether oxygens (including phenoxy) is 2. The summed E-state index contributed by atoms with van der Waals surface area (Å²) < 4.78 is 28.5. The Morgan fingerprint density at radius 1 is 1.13 bits per heavy atom. The minimum Gasteiger partial charge on any atom is -0.497 e. The monoisotopic (exact) mass is 502 g/mol. The summed E-state index contributed by atoms with van der Waals surface area (Å²) in [6, 6.07) is 13.9. The fourth-order valence-electron chi connectivity index (χ4n) is 3.43. The van der Waals surface area contributed by atoms with Crippen molar-refractivity contribution in [2.75, 3.05) is 14.2 Å². The van der Waals surface area contributed by atoms with Crippen molar-refractivity contribution in [2.24, 2.45) is 0 Å². The molecule has 0 aliphatic heterocycles. The average Bonchev–Trinajstić information content (AvgIpc) is 3.32.